The predicted molar refractivity (Wildman–Crippen MR) is 68.5 cm³/mol. The van der Waals surface area contributed by atoms with E-state index in [1.54, 1.807) is 6.92 Å². The van der Waals surface area contributed by atoms with Crippen molar-refractivity contribution < 1.29 is 24.2 Å². The summed E-state index contributed by atoms with van der Waals surface area (Å²) < 4.78 is 4.47. The Morgan fingerprint density at radius 3 is 2.44 bits per heavy atom. The highest BCUT2D eigenvalue weighted by Gasteiger charge is 2.21. The zero-order valence-electron chi connectivity index (χ0n) is 10.6. The van der Waals surface area contributed by atoms with Crippen molar-refractivity contribution in [3.05, 3.63) is 0 Å². The quantitative estimate of drug-likeness (QED) is 0.496. The van der Waals surface area contributed by atoms with E-state index in [4.69, 9.17) is 5.11 Å². The Morgan fingerprint density at radius 1 is 1.39 bits per heavy atom. The van der Waals surface area contributed by atoms with E-state index in [9.17, 15) is 14.4 Å². The summed E-state index contributed by atoms with van der Waals surface area (Å²) in [6.07, 6.45) is 0.542. The molecule has 104 valence electrons. The Balaban J connectivity index is 4.35. The molecule has 0 aromatic heterocycles. The van der Waals surface area contributed by atoms with Gasteiger partial charge in [-0.2, -0.15) is 12.6 Å². The molecule has 0 aliphatic rings. The van der Waals surface area contributed by atoms with Gasteiger partial charge in [-0.05, 0) is 6.42 Å². The predicted octanol–water partition coefficient (Wildman–Crippen LogP) is 0.419. The summed E-state index contributed by atoms with van der Waals surface area (Å²) in [4.78, 5) is 34.7. The normalized spacial score (nSPS) is 11.7. The highest BCUT2D eigenvalue weighted by molar-refractivity contribution is 7.80. The van der Waals surface area contributed by atoms with Crippen LogP contribution < -0.4 is 0 Å². The van der Waals surface area contributed by atoms with Crippen molar-refractivity contribution in [1.82, 2.24) is 4.90 Å². The largest absolute Gasteiger partial charge is 0.480 e. The number of carboxylic acid groups (broad SMARTS) is 1. The van der Waals surface area contributed by atoms with Crippen molar-refractivity contribution in [2.75, 3.05) is 26.0 Å². The molecule has 0 unspecified atom stereocenters. The molecule has 0 heterocycles. The molecule has 0 aromatic rings. The molecular formula is C11H19NO5S. The molecule has 1 N–H and O–H groups in total. The molecule has 0 saturated heterocycles. The zero-order valence-corrected chi connectivity index (χ0v) is 11.5. The second kappa shape index (κ2) is 8.79. The summed E-state index contributed by atoms with van der Waals surface area (Å²) in [5.41, 5.74) is 0. The molecular weight excluding hydrogens is 258 g/mol. The first-order chi connectivity index (χ1) is 8.42. The van der Waals surface area contributed by atoms with Gasteiger partial charge in [0.2, 0.25) is 5.91 Å². The number of nitrogens with zero attached hydrogens (tertiary/aromatic N) is 1. The highest BCUT2D eigenvalue weighted by atomic mass is 32.1. The van der Waals surface area contributed by atoms with Crippen molar-refractivity contribution in [2.24, 2.45) is 5.92 Å². The lowest BCUT2D eigenvalue weighted by atomic mass is 10.1. The lowest BCUT2D eigenvalue weighted by molar-refractivity contribution is -0.146. The summed E-state index contributed by atoms with van der Waals surface area (Å²) in [7, 11) is 1.28. The third-order valence-corrected chi connectivity index (χ3v) is 2.92. The maximum absolute atomic E-state index is 11.9. The van der Waals surface area contributed by atoms with Crippen LogP contribution in [-0.2, 0) is 19.1 Å². The first-order valence-electron chi connectivity index (χ1n) is 5.60. The Kier molecular flexibility index (Phi) is 8.19. The van der Waals surface area contributed by atoms with E-state index in [-0.39, 0.29) is 37.3 Å². The molecule has 0 rings (SSSR count). The van der Waals surface area contributed by atoms with Gasteiger partial charge in [-0.25, -0.2) is 0 Å². The van der Waals surface area contributed by atoms with E-state index in [1.165, 1.54) is 12.0 Å². The number of rotatable bonds is 8. The van der Waals surface area contributed by atoms with Crippen molar-refractivity contribution in [1.29, 1.82) is 0 Å². The molecule has 0 aliphatic carbocycles. The van der Waals surface area contributed by atoms with Gasteiger partial charge in [-0.3, -0.25) is 14.4 Å². The van der Waals surface area contributed by atoms with Crippen molar-refractivity contribution >= 4 is 30.5 Å². The number of carbonyl (C=O) groups is 3. The number of esters is 1. The van der Waals surface area contributed by atoms with Gasteiger partial charge in [0, 0.05) is 24.6 Å². The third kappa shape index (κ3) is 6.48. The van der Waals surface area contributed by atoms with Gasteiger partial charge < -0.3 is 14.7 Å². The topological polar surface area (TPSA) is 83.9 Å². The number of ether oxygens (including phenoxy) is 1. The number of methoxy groups -OCH3 is 1. The van der Waals surface area contributed by atoms with Crippen molar-refractivity contribution in [3.8, 4) is 0 Å². The minimum atomic E-state index is -1.08. The van der Waals surface area contributed by atoms with Gasteiger partial charge in [0.05, 0.1) is 7.11 Å². The van der Waals surface area contributed by atoms with Crippen molar-refractivity contribution in [2.45, 2.75) is 19.8 Å². The van der Waals surface area contributed by atoms with Crippen LogP contribution in [0.2, 0.25) is 0 Å². The smallest absolute Gasteiger partial charge is 0.323 e. The van der Waals surface area contributed by atoms with Crippen LogP contribution in [0.5, 0.6) is 0 Å². The van der Waals surface area contributed by atoms with Gasteiger partial charge >= 0.3 is 11.9 Å². The van der Waals surface area contributed by atoms with Crippen LogP contribution in [-0.4, -0.2) is 53.8 Å². The molecule has 0 radical (unpaired) electrons. The maximum Gasteiger partial charge on any atom is 0.323 e. The van der Waals surface area contributed by atoms with E-state index in [2.05, 4.69) is 17.4 Å². The molecule has 0 spiro atoms. The fraction of sp³-hybridized carbons (Fsp3) is 0.727. The van der Waals surface area contributed by atoms with E-state index >= 15 is 0 Å². The van der Waals surface area contributed by atoms with Crippen LogP contribution in [0, 0.1) is 5.92 Å². The maximum atomic E-state index is 11.9. The van der Waals surface area contributed by atoms with Gasteiger partial charge in [0.25, 0.3) is 0 Å². The minimum Gasteiger partial charge on any atom is -0.480 e. The number of amides is 1. The van der Waals surface area contributed by atoms with Crippen LogP contribution in [0.25, 0.3) is 0 Å². The Labute approximate surface area is 112 Å². The molecule has 0 fully saturated rings. The molecule has 1 amide bonds. The molecule has 0 bridgehead atoms. The molecule has 18 heavy (non-hydrogen) atoms. The average molecular weight is 277 g/mol. The van der Waals surface area contributed by atoms with Crippen LogP contribution in [0.4, 0.5) is 0 Å². The standard InChI is InChI=1S/C11H19NO5S/c1-8(7-18)11(16)12(6-9(13)14)5-3-4-10(15)17-2/h8,18H,3-7H2,1-2H3,(H,13,14)/t8-/m1/s1. The van der Waals surface area contributed by atoms with Gasteiger partial charge in [0.1, 0.15) is 6.54 Å². The number of carbonyl (C=O) groups excluding carboxylic acids is 2. The van der Waals surface area contributed by atoms with Crippen molar-refractivity contribution in [3.63, 3.8) is 0 Å². The van der Waals surface area contributed by atoms with Gasteiger partial charge in [0.15, 0.2) is 0 Å². The van der Waals surface area contributed by atoms with E-state index in [0.717, 1.165) is 0 Å². The lowest BCUT2D eigenvalue weighted by Crippen LogP contribution is -2.40. The van der Waals surface area contributed by atoms with Gasteiger partial charge in [-0.15, -0.1) is 0 Å². The monoisotopic (exact) mass is 277 g/mol. The summed E-state index contributed by atoms with van der Waals surface area (Å²) >= 11 is 4.01. The highest BCUT2D eigenvalue weighted by Crippen LogP contribution is 2.06. The first kappa shape index (κ1) is 16.8. The number of carboxylic acids is 1. The summed E-state index contributed by atoms with van der Waals surface area (Å²) in [5, 5.41) is 8.74. The summed E-state index contributed by atoms with van der Waals surface area (Å²) in [6, 6.07) is 0. The third-order valence-electron chi connectivity index (χ3n) is 2.37. The first-order valence-corrected chi connectivity index (χ1v) is 6.23. The molecule has 6 nitrogen and oxygen atoms in total. The fourth-order valence-electron chi connectivity index (χ4n) is 1.34. The van der Waals surface area contributed by atoms with Gasteiger partial charge in [-0.1, -0.05) is 6.92 Å². The van der Waals surface area contributed by atoms with E-state index in [0.29, 0.717) is 12.2 Å². The number of hydrogen-bond donors (Lipinski definition) is 2. The molecule has 7 heteroatoms. The number of thiol groups is 1. The van der Waals surface area contributed by atoms with E-state index in [1.807, 2.05) is 0 Å². The molecule has 1 atom stereocenters. The van der Waals surface area contributed by atoms with Crippen LogP contribution >= 0.6 is 12.6 Å². The van der Waals surface area contributed by atoms with E-state index < -0.39 is 5.97 Å². The molecule has 0 saturated carbocycles. The summed E-state index contributed by atoms with van der Waals surface area (Å²) in [6.45, 7) is 1.54. The van der Waals surface area contributed by atoms with Crippen LogP contribution in [0.1, 0.15) is 19.8 Å². The lowest BCUT2D eigenvalue weighted by Gasteiger charge is -2.23. The number of aliphatic carboxylic acids is 1. The summed E-state index contributed by atoms with van der Waals surface area (Å²) in [5.74, 6) is -1.71. The Morgan fingerprint density at radius 2 is 2.00 bits per heavy atom. The molecule has 0 aliphatic heterocycles. The molecule has 0 aromatic carbocycles. The Bertz CT molecular complexity index is 308. The Hall–Kier alpha value is -1.24. The van der Waals surface area contributed by atoms with Crippen LogP contribution in [0.3, 0.4) is 0 Å². The minimum absolute atomic E-state index is 0.162. The second-order valence-corrected chi connectivity index (χ2v) is 4.28. The second-order valence-electron chi connectivity index (χ2n) is 3.92. The number of hydrogen-bond acceptors (Lipinski definition) is 5. The van der Waals surface area contributed by atoms with Crippen LogP contribution in [0.15, 0.2) is 0 Å². The average Bonchev–Trinajstić information content (AvgIpc) is 2.34. The fourth-order valence-corrected chi connectivity index (χ4v) is 1.49. The zero-order chi connectivity index (χ0) is 14.1. The SMILES string of the molecule is COC(=O)CCCN(CC(=O)O)C(=O)[C@H](C)CS.